The van der Waals surface area contributed by atoms with Gasteiger partial charge in [0.15, 0.2) is 0 Å². The molecule has 0 aliphatic heterocycles. The monoisotopic (exact) mass is 494 g/mol. The van der Waals surface area contributed by atoms with Crippen LogP contribution in [0.1, 0.15) is 0 Å². The molecular formula is C16H42Ge2Si4. The maximum absolute atomic E-state index is 2.64. The van der Waals surface area contributed by atoms with Gasteiger partial charge >= 0.3 is 160 Å². The van der Waals surface area contributed by atoms with Crippen LogP contribution < -0.4 is 0 Å². The van der Waals surface area contributed by atoms with Gasteiger partial charge in [-0.05, 0) is 0 Å². The van der Waals surface area contributed by atoms with E-state index in [1.807, 2.05) is 0 Å². The summed E-state index contributed by atoms with van der Waals surface area (Å²) >= 11 is 0.620. The Balaban J connectivity index is 4.63. The summed E-state index contributed by atoms with van der Waals surface area (Å²) in [5, 5.41) is 3.34. The molecule has 0 spiro atoms. The zero-order chi connectivity index (χ0) is 18.0. The first-order valence-corrected chi connectivity index (χ1v) is 28.6. The van der Waals surface area contributed by atoms with Crippen LogP contribution in [0.15, 0.2) is 0 Å². The number of hydrogen-bond acceptors (Lipinski definition) is 0. The molecule has 0 fully saturated rings. The third-order valence-corrected chi connectivity index (χ3v) is 53.8. The first-order chi connectivity index (χ1) is 9.47. The molecule has 0 aromatic rings. The van der Waals surface area contributed by atoms with Gasteiger partial charge in [-0.3, -0.25) is 0 Å². The van der Waals surface area contributed by atoms with Crippen LogP contribution in [-0.4, -0.2) is 63.2 Å². The third kappa shape index (κ3) is 8.88. The Bertz CT molecular complexity index is 270. The molecule has 0 atom stereocenters. The van der Waals surface area contributed by atoms with Crippen molar-refractivity contribution in [2.24, 2.45) is 0 Å². The van der Waals surface area contributed by atoms with Gasteiger partial charge in [-0.15, -0.1) is 0 Å². The normalized spacial score (nSPS) is 15.0. The Kier molecular flexibility index (Phi) is 9.32. The van der Waals surface area contributed by atoms with E-state index in [1.165, 1.54) is 7.99 Å². The average molecular weight is 492 g/mol. The second-order valence-corrected chi connectivity index (χ2v) is 44.7. The molecule has 0 nitrogen and oxygen atoms in total. The van der Waals surface area contributed by atoms with E-state index < -0.39 is 32.3 Å². The summed E-state index contributed by atoms with van der Waals surface area (Å²) in [5.74, 6) is 0. The maximum atomic E-state index is 2.64. The molecule has 22 heavy (non-hydrogen) atoms. The van der Waals surface area contributed by atoms with Crippen LogP contribution in [-0.2, 0) is 0 Å². The molecule has 0 amide bonds. The second kappa shape index (κ2) is 8.56. The zero-order valence-corrected chi connectivity index (χ0v) is 25.8. The van der Waals surface area contributed by atoms with E-state index in [1.54, 1.807) is 10.5 Å². The average Bonchev–Trinajstić information content (AvgIpc) is 2.14. The van der Waals surface area contributed by atoms with E-state index in [2.05, 4.69) is 78.6 Å². The van der Waals surface area contributed by atoms with E-state index in [0.29, 0.717) is 30.9 Å². The van der Waals surface area contributed by atoms with Crippen molar-refractivity contribution in [1.29, 1.82) is 0 Å². The molecule has 130 valence electrons. The fourth-order valence-corrected chi connectivity index (χ4v) is 50.9. The third-order valence-electron chi connectivity index (χ3n) is 4.29. The van der Waals surface area contributed by atoms with Crippen LogP contribution in [0.4, 0.5) is 0 Å². The summed E-state index contributed by atoms with van der Waals surface area (Å²) in [6.45, 7) is 31.7. The van der Waals surface area contributed by atoms with Crippen molar-refractivity contribution in [3.8, 4) is 0 Å². The van der Waals surface area contributed by atoms with E-state index in [-0.39, 0.29) is 0 Å². The summed E-state index contributed by atoms with van der Waals surface area (Å²) in [4.78, 5) is 0. The molecule has 0 saturated carbocycles. The molecule has 6 heteroatoms. The first kappa shape index (κ1) is 24.0. The molecule has 0 aromatic carbocycles. The van der Waals surface area contributed by atoms with Gasteiger partial charge in [0.25, 0.3) is 0 Å². The molecule has 0 unspecified atom stereocenters. The molecule has 0 aliphatic rings. The van der Waals surface area contributed by atoms with Crippen LogP contribution >= 0.6 is 0 Å². The Labute approximate surface area is 159 Å². The van der Waals surface area contributed by atoms with E-state index >= 15 is 0 Å². The molecule has 0 rings (SSSR count). The molecule has 4 radical (unpaired) electrons. The predicted molar refractivity (Wildman–Crippen MR) is 122 cm³/mol. The van der Waals surface area contributed by atoms with E-state index in [0.717, 1.165) is 0 Å². The standard InChI is InChI=1S/C16H42Ge2Si4/c1-19(2,3)15(20(4,5)6)17-13-14-18-16(21(7,8)9)22(10,11)12/h15-16H,13-14H2,1-12H3. The van der Waals surface area contributed by atoms with Crippen molar-refractivity contribution >= 4 is 63.2 Å². The zero-order valence-electron chi connectivity index (χ0n) is 17.6. The van der Waals surface area contributed by atoms with Crippen molar-refractivity contribution in [2.75, 3.05) is 0 Å². The van der Waals surface area contributed by atoms with Crippen LogP contribution in [0.25, 0.3) is 0 Å². The second-order valence-electron chi connectivity index (χ2n) is 11.2. The molecular weight excluding hydrogens is 450 g/mol. The van der Waals surface area contributed by atoms with Crippen molar-refractivity contribution in [3.05, 3.63) is 0 Å². The summed E-state index contributed by atoms with van der Waals surface area (Å²) in [6, 6.07) is 0. The predicted octanol–water partition coefficient (Wildman–Crippen LogP) is 6.32. The summed E-state index contributed by atoms with van der Waals surface area (Å²) < 4.78 is 2.48. The van der Waals surface area contributed by atoms with Gasteiger partial charge in [-0.25, -0.2) is 0 Å². The van der Waals surface area contributed by atoms with Crippen LogP contribution in [0.5, 0.6) is 0 Å². The molecule has 0 bridgehead atoms. The quantitative estimate of drug-likeness (QED) is 0.261. The summed E-state index contributed by atoms with van der Waals surface area (Å²) in [6.07, 6.45) is 0. The SMILES string of the molecule is C[Si](C)(C)[CH]([Ge][CH2][CH2][Ge][CH]([Si](C)(C)C)[Si](C)(C)C)[Si](C)(C)C. The Hall–Kier alpha value is 1.95. The van der Waals surface area contributed by atoms with E-state index in [9.17, 15) is 0 Å². The van der Waals surface area contributed by atoms with E-state index in [4.69, 9.17) is 0 Å². The van der Waals surface area contributed by atoms with Crippen molar-refractivity contribution in [1.82, 2.24) is 0 Å². The van der Waals surface area contributed by atoms with Crippen molar-refractivity contribution in [2.45, 2.75) is 97.1 Å². The van der Waals surface area contributed by atoms with Gasteiger partial charge in [-0.1, -0.05) is 0 Å². The molecule has 0 heterocycles. The summed E-state index contributed by atoms with van der Waals surface area (Å²) in [7, 11) is -3.70. The molecule has 0 aliphatic carbocycles. The number of rotatable bonds is 9. The van der Waals surface area contributed by atoms with Gasteiger partial charge in [0.1, 0.15) is 0 Å². The van der Waals surface area contributed by atoms with Crippen LogP contribution in [0, 0.1) is 0 Å². The number of hydrogen-bond donors (Lipinski definition) is 0. The van der Waals surface area contributed by atoms with Gasteiger partial charge < -0.3 is 0 Å². The fraction of sp³-hybridized carbons (Fsp3) is 1.00. The fourth-order valence-electron chi connectivity index (χ4n) is 4.26. The van der Waals surface area contributed by atoms with Crippen molar-refractivity contribution in [3.63, 3.8) is 0 Å². The van der Waals surface area contributed by atoms with Crippen LogP contribution in [0.3, 0.4) is 0 Å². The molecule has 0 saturated heterocycles. The van der Waals surface area contributed by atoms with Gasteiger partial charge in [0, 0.05) is 0 Å². The first-order valence-electron chi connectivity index (χ1n) is 8.94. The van der Waals surface area contributed by atoms with Crippen LogP contribution in [0.2, 0.25) is 97.1 Å². The summed E-state index contributed by atoms with van der Waals surface area (Å²) in [5.41, 5.74) is 0. The minimum absolute atomic E-state index is 0.310. The molecule has 0 N–H and O–H groups in total. The molecule has 0 aromatic heterocycles. The topological polar surface area (TPSA) is 0 Å². The Morgan fingerprint density at radius 1 is 0.455 bits per heavy atom. The van der Waals surface area contributed by atoms with Gasteiger partial charge in [0.05, 0.1) is 0 Å². The Morgan fingerprint density at radius 3 is 0.773 bits per heavy atom. The minimum atomic E-state index is -0.924. The Morgan fingerprint density at radius 2 is 0.636 bits per heavy atom. The van der Waals surface area contributed by atoms with Crippen molar-refractivity contribution < 1.29 is 0 Å². The van der Waals surface area contributed by atoms with Gasteiger partial charge in [-0.2, -0.15) is 0 Å². The van der Waals surface area contributed by atoms with Gasteiger partial charge in [0.2, 0.25) is 0 Å².